The van der Waals surface area contributed by atoms with Crippen LogP contribution in [-0.2, 0) is 10.0 Å². The molecule has 6 nitrogen and oxygen atoms in total. The first kappa shape index (κ1) is 18.4. The average Bonchev–Trinajstić information content (AvgIpc) is 2.58. The van der Waals surface area contributed by atoms with E-state index in [0.717, 1.165) is 0 Å². The fourth-order valence-corrected chi connectivity index (χ4v) is 3.35. The highest BCUT2D eigenvalue weighted by molar-refractivity contribution is 7.89. The number of methoxy groups -OCH3 is 2. The lowest BCUT2D eigenvalue weighted by molar-refractivity contribution is 0.322. The van der Waals surface area contributed by atoms with Crippen molar-refractivity contribution >= 4 is 21.6 Å². The Morgan fingerprint density at radius 1 is 1.04 bits per heavy atom. The molecule has 0 fully saturated rings. The molecule has 2 rings (SSSR count). The van der Waals surface area contributed by atoms with E-state index >= 15 is 0 Å². The van der Waals surface area contributed by atoms with E-state index in [1.165, 1.54) is 26.4 Å². The molecule has 0 spiro atoms. The molecule has 0 aliphatic rings. The number of hydrogen-bond acceptors (Lipinski definition) is 5. The van der Waals surface area contributed by atoms with Gasteiger partial charge in [0.25, 0.3) is 0 Å². The molecule has 0 unspecified atom stereocenters. The third-order valence-corrected chi connectivity index (χ3v) is 4.84. The Hall–Kier alpha value is -1.96. The maximum Gasteiger partial charge on any atom is 0.244 e. The Bertz CT molecular complexity index is 795. The second kappa shape index (κ2) is 8.23. The van der Waals surface area contributed by atoms with Crippen LogP contribution < -0.4 is 18.9 Å². The first-order valence-electron chi connectivity index (χ1n) is 7.06. The van der Waals surface area contributed by atoms with E-state index in [9.17, 15) is 8.42 Å². The zero-order valence-electron chi connectivity index (χ0n) is 13.3. The number of nitrogens with one attached hydrogen (secondary N) is 1. The minimum absolute atomic E-state index is 0.00658. The van der Waals surface area contributed by atoms with Crippen molar-refractivity contribution in [3.8, 4) is 17.2 Å². The monoisotopic (exact) mass is 371 g/mol. The zero-order chi connectivity index (χ0) is 17.6. The van der Waals surface area contributed by atoms with Crippen LogP contribution in [0, 0.1) is 0 Å². The van der Waals surface area contributed by atoms with Gasteiger partial charge in [0.15, 0.2) is 0 Å². The topological polar surface area (TPSA) is 73.9 Å². The number of sulfonamides is 1. The van der Waals surface area contributed by atoms with Crippen LogP contribution in [-0.4, -0.2) is 35.8 Å². The van der Waals surface area contributed by atoms with Crippen LogP contribution in [0.3, 0.4) is 0 Å². The second-order valence-electron chi connectivity index (χ2n) is 4.72. The molecule has 0 bridgehead atoms. The summed E-state index contributed by atoms with van der Waals surface area (Å²) < 4.78 is 42.9. The van der Waals surface area contributed by atoms with Gasteiger partial charge in [-0.3, -0.25) is 0 Å². The van der Waals surface area contributed by atoms with Gasteiger partial charge in [0.05, 0.1) is 14.2 Å². The van der Waals surface area contributed by atoms with Gasteiger partial charge in [-0.1, -0.05) is 17.7 Å². The SMILES string of the molecule is COc1ccc(OC)c(S(=O)(=O)NCCOc2cccc(Cl)c2)c1. The Morgan fingerprint density at radius 3 is 2.50 bits per heavy atom. The standard InChI is InChI=1S/C16H18ClNO5S/c1-21-13-6-7-15(22-2)16(11-13)24(19,20)18-8-9-23-14-5-3-4-12(17)10-14/h3-7,10-11,18H,8-9H2,1-2H3. The van der Waals surface area contributed by atoms with Gasteiger partial charge in [-0.15, -0.1) is 0 Å². The average molecular weight is 372 g/mol. The third-order valence-electron chi connectivity index (χ3n) is 3.12. The molecule has 0 radical (unpaired) electrons. The van der Waals surface area contributed by atoms with Gasteiger partial charge in [-0.2, -0.15) is 0 Å². The van der Waals surface area contributed by atoms with Gasteiger partial charge >= 0.3 is 0 Å². The molecule has 2 aromatic carbocycles. The predicted molar refractivity (Wildman–Crippen MR) is 91.7 cm³/mol. The summed E-state index contributed by atoms with van der Waals surface area (Å²) in [5, 5.41) is 0.550. The molecule has 0 heterocycles. The van der Waals surface area contributed by atoms with E-state index < -0.39 is 10.0 Å². The highest BCUT2D eigenvalue weighted by Gasteiger charge is 2.20. The number of halogens is 1. The lowest BCUT2D eigenvalue weighted by Gasteiger charge is -2.12. The summed E-state index contributed by atoms with van der Waals surface area (Å²) in [5.74, 6) is 1.23. The minimum atomic E-state index is -3.76. The molecule has 1 N–H and O–H groups in total. The predicted octanol–water partition coefficient (Wildman–Crippen LogP) is 2.71. The van der Waals surface area contributed by atoms with E-state index in [0.29, 0.717) is 16.5 Å². The zero-order valence-corrected chi connectivity index (χ0v) is 14.9. The van der Waals surface area contributed by atoms with Crippen LogP contribution in [0.4, 0.5) is 0 Å². The molecule has 0 aliphatic heterocycles. The van der Waals surface area contributed by atoms with E-state index in [2.05, 4.69) is 4.72 Å². The summed E-state index contributed by atoms with van der Waals surface area (Å²) in [6.45, 7) is 0.251. The Labute approximate surface area is 146 Å². The van der Waals surface area contributed by atoms with E-state index in [1.54, 1.807) is 30.3 Å². The summed E-state index contributed by atoms with van der Waals surface area (Å²) in [4.78, 5) is 0.00658. The third kappa shape index (κ3) is 4.77. The Balaban J connectivity index is 2.01. The molecule has 130 valence electrons. The smallest absolute Gasteiger partial charge is 0.244 e. The quantitative estimate of drug-likeness (QED) is 0.722. The first-order valence-corrected chi connectivity index (χ1v) is 8.92. The number of benzene rings is 2. The largest absolute Gasteiger partial charge is 0.497 e. The highest BCUT2D eigenvalue weighted by Crippen LogP contribution is 2.27. The Kier molecular flexibility index (Phi) is 6.30. The van der Waals surface area contributed by atoms with Gasteiger partial charge in [-0.25, -0.2) is 13.1 Å². The molecule has 0 atom stereocenters. The molecule has 0 aliphatic carbocycles. The first-order chi connectivity index (χ1) is 11.5. The van der Waals surface area contributed by atoms with E-state index in [-0.39, 0.29) is 23.8 Å². The fraction of sp³-hybridized carbons (Fsp3) is 0.250. The lowest BCUT2D eigenvalue weighted by atomic mass is 10.3. The summed E-state index contributed by atoms with van der Waals surface area (Å²) in [6, 6.07) is 11.4. The number of hydrogen-bond donors (Lipinski definition) is 1. The van der Waals surface area contributed by atoms with Crippen molar-refractivity contribution in [1.29, 1.82) is 0 Å². The van der Waals surface area contributed by atoms with Crippen molar-refractivity contribution in [1.82, 2.24) is 4.72 Å². The molecule has 0 saturated carbocycles. The molecule has 8 heteroatoms. The summed E-state index contributed by atoms with van der Waals surface area (Å²) in [7, 11) is -0.891. The molecule has 2 aromatic rings. The lowest BCUT2D eigenvalue weighted by Crippen LogP contribution is -2.28. The molecule has 0 saturated heterocycles. The van der Waals surface area contributed by atoms with Gasteiger partial charge in [0, 0.05) is 17.6 Å². The van der Waals surface area contributed by atoms with E-state index in [1.807, 2.05) is 0 Å². The van der Waals surface area contributed by atoms with E-state index in [4.69, 9.17) is 25.8 Å². The Morgan fingerprint density at radius 2 is 1.83 bits per heavy atom. The van der Waals surface area contributed by atoms with Crippen molar-refractivity contribution in [2.75, 3.05) is 27.4 Å². The summed E-state index contributed by atoms with van der Waals surface area (Å²) >= 11 is 5.85. The summed E-state index contributed by atoms with van der Waals surface area (Å²) in [6.07, 6.45) is 0. The van der Waals surface area contributed by atoms with Gasteiger partial charge in [0.1, 0.15) is 28.8 Å². The minimum Gasteiger partial charge on any atom is -0.497 e. The second-order valence-corrected chi connectivity index (χ2v) is 6.89. The normalized spacial score (nSPS) is 11.1. The number of ether oxygens (including phenoxy) is 3. The van der Waals surface area contributed by atoms with Crippen molar-refractivity contribution in [3.63, 3.8) is 0 Å². The molecule has 24 heavy (non-hydrogen) atoms. The molecule has 0 aromatic heterocycles. The maximum atomic E-state index is 12.4. The van der Waals surface area contributed by atoms with Crippen molar-refractivity contribution in [2.24, 2.45) is 0 Å². The number of rotatable bonds is 8. The van der Waals surface area contributed by atoms with Crippen LogP contribution in [0.2, 0.25) is 5.02 Å². The van der Waals surface area contributed by atoms with Crippen LogP contribution in [0.25, 0.3) is 0 Å². The van der Waals surface area contributed by atoms with Crippen molar-refractivity contribution in [3.05, 3.63) is 47.5 Å². The van der Waals surface area contributed by atoms with Gasteiger partial charge in [0.2, 0.25) is 10.0 Å². The molecule has 0 amide bonds. The maximum absolute atomic E-state index is 12.4. The van der Waals surface area contributed by atoms with Crippen LogP contribution in [0.5, 0.6) is 17.2 Å². The van der Waals surface area contributed by atoms with Crippen molar-refractivity contribution in [2.45, 2.75) is 4.90 Å². The van der Waals surface area contributed by atoms with Crippen LogP contribution in [0.15, 0.2) is 47.4 Å². The summed E-state index contributed by atoms with van der Waals surface area (Å²) in [5.41, 5.74) is 0. The van der Waals surface area contributed by atoms with Crippen molar-refractivity contribution < 1.29 is 22.6 Å². The highest BCUT2D eigenvalue weighted by atomic mass is 35.5. The van der Waals surface area contributed by atoms with Crippen LogP contribution in [0.1, 0.15) is 0 Å². The van der Waals surface area contributed by atoms with Crippen LogP contribution >= 0.6 is 11.6 Å². The van der Waals surface area contributed by atoms with Gasteiger partial charge < -0.3 is 14.2 Å². The van der Waals surface area contributed by atoms with Gasteiger partial charge in [-0.05, 0) is 30.3 Å². The molecular formula is C16H18ClNO5S. The fourth-order valence-electron chi connectivity index (χ4n) is 1.97. The molecular weight excluding hydrogens is 354 g/mol.